The van der Waals surface area contributed by atoms with Gasteiger partial charge in [0.1, 0.15) is 0 Å². The molecule has 0 radical (unpaired) electrons. The second-order valence-corrected chi connectivity index (χ2v) is 2.02. The molecular weight excluding hydrogens is 142 g/mol. The molecule has 0 bridgehead atoms. The van der Waals surface area contributed by atoms with Crippen LogP contribution in [0.2, 0.25) is 0 Å². The van der Waals surface area contributed by atoms with Gasteiger partial charge in [0, 0.05) is 12.6 Å². The maximum Gasteiger partial charge on any atom is 0.156 e. The molecule has 4 heteroatoms. The summed E-state index contributed by atoms with van der Waals surface area (Å²) >= 11 is 0. The number of rotatable bonds is 3. The van der Waals surface area contributed by atoms with Crippen molar-refractivity contribution >= 4 is 12.0 Å². The number of hydrogen-bond donors (Lipinski definition) is 0. The molecule has 1 rings (SSSR count). The first-order valence-corrected chi connectivity index (χ1v) is 3.39. The molecule has 1 aromatic heterocycles. The summed E-state index contributed by atoms with van der Waals surface area (Å²) < 4.78 is 1.48. The molecule has 0 saturated heterocycles. The van der Waals surface area contributed by atoms with Gasteiger partial charge in [-0.25, -0.2) is 4.68 Å². The summed E-state index contributed by atoms with van der Waals surface area (Å²) in [6.07, 6.45) is 6.80. The van der Waals surface area contributed by atoms with Crippen LogP contribution in [0, 0.1) is 0 Å². The van der Waals surface area contributed by atoms with Gasteiger partial charge in [-0.15, -0.1) is 5.10 Å². The van der Waals surface area contributed by atoms with E-state index < -0.39 is 0 Å². The van der Waals surface area contributed by atoms with E-state index in [-0.39, 0.29) is 5.78 Å². The Kier molecular flexibility index (Phi) is 2.54. The smallest absolute Gasteiger partial charge is 0.156 e. The normalized spacial score (nSPS) is 10.6. The topological polar surface area (TPSA) is 47.8 Å². The van der Waals surface area contributed by atoms with Crippen molar-refractivity contribution in [1.82, 2.24) is 15.0 Å². The van der Waals surface area contributed by atoms with Gasteiger partial charge in [0.05, 0.1) is 12.4 Å². The van der Waals surface area contributed by atoms with Crippen molar-refractivity contribution < 1.29 is 4.79 Å². The molecule has 0 N–H and O–H groups in total. The number of ketones is 1. The fraction of sp³-hybridized carbons (Fsp3) is 0.286. The van der Waals surface area contributed by atoms with E-state index in [1.54, 1.807) is 18.6 Å². The maximum absolute atomic E-state index is 10.8. The van der Waals surface area contributed by atoms with Crippen molar-refractivity contribution in [2.75, 3.05) is 0 Å². The Bertz CT molecular complexity index is 251. The number of aromatic nitrogens is 3. The molecule has 1 heterocycles. The van der Waals surface area contributed by atoms with Crippen molar-refractivity contribution in [2.24, 2.45) is 0 Å². The Labute approximate surface area is 64.5 Å². The minimum Gasteiger partial charge on any atom is -0.295 e. The molecule has 0 aliphatic heterocycles. The summed E-state index contributed by atoms with van der Waals surface area (Å²) in [5.41, 5.74) is 0. The number of nitrogens with zero attached hydrogens (tertiary/aromatic N) is 3. The number of carbonyl (C=O) groups is 1. The average molecular weight is 151 g/mol. The van der Waals surface area contributed by atoms with Crippen molar-refractivity contribution in [2.45, 2.75) is 13.3 Å². The van der Waals surface area contributed by atoms with E-state index >= 15 is 0 Å². The van der Waals surface area contributed by atoms with Crippen LogP contribution in [-0.4, -0.2) is 20.8 Å². The molecule has 0 fully saturated rings. The van der Waals surface area contributed by atoms with Crippen LogP contribution in [0.5, 0.6) is 0 Å². The van der Waals surface area contributed by atoms with E-state index in [2.05, 4.69) is 10.3 Å². The average Bonchev–Trinajstić information content (AvgIpc) is 2.52. The fourth-order valence-corrected chi connectivity index (χ4v) is 0.574. The summed E-state index contributed by atoms with van der Waals surface area (Å²) in [6.45, 7) is 1.81. The van der Waals surface area contributed by atoms with Crippen LogP contribution in [0.4, 0.5) is 0 Å². The third-order valence-electron chi connectivity index (χ3n) is 1.20. The molecule has 0 saturated carbocycles. The van der Waals surface area contributed by atoms with Gasteiger partial charge in [-0.2, -0.15) is 0 Å². The lowest BCUT2D eigenvalue weighted by atomic mass is 10.3. The monoisotopic (exact) mass is 151 g/mol. The van der Waals surface area contributed by atoms with E-state index in [9.17, 15) is 4.79 Å². The van der Waals surface area contributed by atoms with Crippen LogP contribution in [0.3, 0.4) is 0 Å². The number of allylic oxidation sites excluding steroid dienone is 1. The molecule has 0 unspecified atom stereocenters. The molecule has 58 valence electrons. The highest BCUT2D eigenvalue weighted by Crippen LogP contribution is 1.86. The molecule has 0 aromatic carbocycles. The zero-order chi connectivity index (χ0) is 8.10. The Morgan fingerprint density at radius 1 is 1.73 bits per heavy atom. The summed E-state index contributed by atoms with van der Waals surface area (Å²) in [5.74, 6) is 0.0838. The molecule has 1 aromatic rings. The third-order valence-corrected chi connectivity index (χ3v) is 1.20. The van der Waals surface area contributed by atoms with Crippen LogP contribution in [0.1, 0.15) is 13.3 Å². The second kappa shape index (κ2) is 3.65. The zero-order valence-corrected chi connectivity index (χ0v) is 6.27. The lowest BCUT2D eigenvalue weighted by molar-refractivity contribution is -0.114. The van der Waals surface area contributed by atoms with Crippen LogP contribution in [-0.2, 0) is 4.79 Å². The van der Waals surface area contributed by atoms with Gasteiger partial charge in [0.2, 0.25) is 0 Å². The Morgan fingerprint density at radius 2 is 2.55 bits per heavy atom. The summed E-state index contributed by atoms with van der Waals surface area (Å²) in [6, 6.07) is 0. The van der Waals surface area contributed by atoms with E-state index in [1.807, 2.05) is 6.92 Å². The Hall–Kier alpha value is -1.45. The summed E-state index contributed by atoms with van der Waals surface area (Å²) in [5, 5.41) is 7.23. The molecule has 11 heavy (non-hydrogen) atoms. The Morgan fingerprint density at radius 3 is 3.09 bits per heavy atom. The van der Waals surface area contributed by atoms with Gasteiger partial charge < -0.3 is 0 Å². The van der Waals surface area contributed by atoms with E-state index in [1.165, 1.54) is 10.8 Å². The fourth-order valence-electron chi connectivity index (χ4n) is 0.574. The molecular formula is C7H9N3O. The molecule has 4 nitrogen and oxygen atoms in total. The van der Waals surface area contributed by atoms with Gasteiger partial charge in [0.15, 0.2) is 5.78 Å². The minimum absolute atomic E-state index is 0.0838. The minimum atomic E-state index is 0.0838. The largest absolute Gasteiger partial charge is 0.295 e. The van der Waals surface area contributed by atoms with Gasteiger partial charge >= 0.3 is 0 Å². The predicted octanol–water partition coefficient (Wildman–Crippen LogP) is 0.728. The standard InChI is InChI=1S/C7H9N3O/c1-2-7(11)3-5-10-6-4-8-9-10/h3-6H,2H2,1H3/b5-3+. The predicted molar refractivity (Wildman–Crippen MR) is 40.7 cm³/mol. The molecule has 0 aliphatic rings. The molecule has 0 atom stereocenters. The SMILES string of the molecule is CCC(=O)/C=C/n1ccnn1. The maximum atomic E-state index is 10.8. The van der Waals surface area contributed by atoms with Crippen LogP contribution in [0.25, 0.3) is 6.20 Å². The summed E-state index contributed by atoms with van der Waals surface area (Å²) in [4.78, 5) is 10.8. The zero-order valence-electron chi connectivity index (χ0n) is 6.27. The van der Waals surface area contributed by atoms with E-state index in [4.69, 9.17) is 0 Å². The van der Waals surface area contributed by atoms with Crippen LogP contribution < -0.4 is 0 Å². The summed E-state index contributed by atoms with van der Waals surface area (Å²) in [7, 11) is 0. The lowest BCUT2D eigenvalue weighted by Crippen LogP contribution is -1.91. The molecule has 0 amide bonds. The van der Waals surface area contributed by atoms with Crippen molar-refractivity contribution in [3.63, 3.8) is 0 Å². The van der Waals surface area contributed by atoms with E-state index in [0.717, 1.165) is 0 Å². The van der Waals surface area contributed by atoms with Gasteiger partial charge in [0.25, 0.3) is 0 Å². The quantitative estimate of drug-likeness (QED) is 0.598. The molecule has 0 aliphatic carbocycles. The first-order valence-electron chi connectivity index (χ1n) is 3.39. The first kappa shape index (κ1) is 7.65. The van der Waals surface area contributed by atoms with Gasteiger partial charge in [-0.1, -0.05) is 12.1 Å². The third kappa shape index (κ3) is 2.33. The van der Waals surface area contributed by atoms with Crippen LogP contribution in [0.15, 0.2) is 18.5 Å². The highest BCUT2D eigenvalue weighted by Gasteiger charge is 1.89. The second-order valence-electron chi connectivity index (χ2n) is 2.02. The van der Waals surface area contributed by atoms with Gasteiger partial charge in [-0.3, -0.25) is 4.79 Å². The first-order chi connectivity index (χ1) is 5.33. The number of carbonyl (C=O) groups excluding carboxylic acids is 1. The van der Waals surface area contributed by atoms with Crippen LogP contribution >= 0.6 is 0 Å². The van der Waals surface area contributed by atoms with Crippen molar-refractivity contribution in [3.05, 3.63) is 18.5 Å². The lowest BCUT2D eigenvalue weighted by Gasteiger charge is -1.86. The van der Waals surface area contributed by atoms with Crippen molar-refractivity contribution in [1.29, 1.82) is 0 Å². The highest BCUT2D eigenvalue weighted by molar-refractivity contribution is 5.91. The van der Waals surface area contributed by atoms with Gasteiger partial charge in [-0.05, 0) is 6.08 Å². The van der Waals surface area contributed by atoms with E-state index in [0.29, 0.717) is 6.42 Å². The molecule has 0 spiro atoms. The van der Waals surface area contributed by atoms with Crippen molar-refractivity contribution in [3.8, 4) is 0 Å². The number of hydrogen-bond acceptors (Lipinski definition) is 3. The highest BCUT2D eigenvalue weighted by atomic mass is 16.1. The Balaban J connectivity index is 2.55.